The van der Waals surface area contributed by atoms with Crippen molar-refractivity contribution in [3.8, 4) is 6.07 Å². The van der Waals surface area contributed by atoms with Crippen molar-refractivity contribution in [2.45, 2.75) is 56.8 Å². The van der Waals surface area contributed by atoms with Crippen LogP contribution in [0.3, 0.4) is 0 Å². The van der Waals surface area contributed by atoms with Gasteiger partial charge in [-0.25, -0.2) is 4.98 Å². The second-order valence-corrected chi connectivity index (χ2v) is 8.61. The maximum atomic E-state index is 8.98. The van der Waals surface area contributed by atoms with Gasteiger partial charge in [-0.15, -0.1) is 0 Å². The number of ether oxygens (including phenoxy) is 1. The van der Waals surface area contributed by atoms with Crippen LogP contribution in [0.4, 0.5) is 17.5 Å². The van der Waals surface area contributed by atoms with Crippen molar-refractivity contribution < 1.29 is 4.74 Å². The van der Waals surface area contributed by atoms with Crippen LogP contribution in [0, 0.1) is 11.3 Å². The first-order valence-electron chi connectivity index (χ1n) is 11.2. The van der Waals surface area contributed by atoms with E-state index in [4.69, 9.17) is 15.0 Å². The number of anilines is 3. The summed E-state index contributed by atoms with van der Waals surface area (Å²) in [5.74, 6) is 2.24. The summed E-state index contributed by atoms with van der Waals surface area (Å²) in [7, 11) is 1.66. The average Bonchev–Trinajstić information content (AvgIpc) is 3.33. The van der Waals surface area contributed by atoms with Gasteiger partial charge in [0.25, 0.3) is 0 Å². The first-order chi connectivity index (χ1) is 15.7. The minimum absolute atomic E-state index is 0.357. The van der Waals surface area contributed by atoms with Gasteiger partial charge in [-0.3, -0.25) is 15.0 Å². The number of aromatic nitrogens is 4. The first kappa shape index (κ1) is 20.7. The maximum Gasteiger partial charge on any atom is 0.153 e. The Morgan fingerprint density at radius 3 is 2.88 bits per heavy atom. The highest BCUT2D eigenvalue weighted by atomic mass is 16.5. The summed E-state index contributed by atoms with van der Waals surface area (Å²) < 4.78 is 5.15. The largest absolute Gasteiger partial charge is 0.378 e. The zero-order valence-corrected chi connectivity index (χ0v) is 18.2. The van der Waals surface area contributed by atoms with E-state index in [-0.39, 0.29) is 0 Å². The predicted octanol–water partition coefficient (Wildman–Crippen LogP) is 3.56. The molecule has 0 aromatic carbocycles. The summed E-state index contributed by atoms with van der Waals surface area (Å²) in [6.07, 6.45) is 6.99. The van der Waals surface area contributed by atoms with Crippen LogP contribution < -0.4 is 10.6 Å². The molecule has 0 aliphatic carbocycles. The Labute approximate surface area is 187 Å². The third-order valence-corrected chi connectivity index (χ3v) is 6.49. The number of hydrogen-bond donors (Lipinski definition) is 3. The molecular formula is C23H28N8O. The zero-order valence-electron chi connectivity index (χ0n) is 18.2. The molecule has 9 heteroatoms. The normalized spacial score (nSPS) is 22.7. The van der Waals surface area contributed by atoms with Gasteiger partial charge in [0.05, 0.1) is 23.9 Å². The molecule has 2 saturated heterocycles. The molecule has 2 aliphatic rings. The summed E-state index contributed by atoms with van der Waals surface area (Å²) in [5.41, 5.74) is 1.78. The van der Waals surface area contributed by atoms with Crippen LogP contribution >= 0.6 is 0 Å². The van der Waals surface area contributed by atoms with Crippen LogP contribution in [0.25, 0.3) is 10.9 Å². The average molecular weight is 433 g/mol. The zero-order chi connectivity index (χ0) is 21.9. The van der Waals surface area contributed by atoms with Crippen molar-refractivity contribution in [1.29, 1.82) is 5.26 Å². The van der Waals surface area contributed by atoms with Gasteiger partial charge in [-0.05, 0) is 37.8 Å². The molecule has 166 valence electrons. The van der Waals surface area contributed by atoms with E-state index in [0.29, 0.717) is 42.8 Å². The van der Waals surface area contributed by atoms with Gasteiger partial charge in [0.15, 0.2) is 5.82 Å². The van der Waals surface area contributed by atoms with Crippen LogP contribution in [-0.4, -0.2) is 56.8 Å². The molecule has 32 heavy (non-hydrogen) atoms. The Morgan fingerprint density at radius 1 is 1.25 bits per heavy atom. The van der Waals surface area contributed by atoms with Gasteiger partial charge >= 0.3 is 0 Å². The second kappa shape index (κ2) is 9.10. The summed E-state index contributed by atoms with van der Waals surface area (Å²) in [5, 5.41) is 24.2. The molecular weight excluding hydrogens is 404 g/mol. The third-order valence-electron chi connectivity index (χ3n) is 6.49. The van der Waals surface area contributed by atoms with E-state index < -0.39 is 0 Å². The van der Waals surface area contributed by atoms with E-state index in [1.54, 1.807) is 13.3 Å². The van der Waals surface area contributed by atoms with Crippen molar-refractivity contribution in [2.24, 2.45) is 0 Å². The molecule has 0 spiro atoms. The number of nitrogens with zero attached hydrogens (tertiary/aromatic N) is 5. The third kappa shape index (κ3) is 4.24. The lowest BCUT2D eigenvalue weighted by atomic mass is 9.97. The lowest BCUT2D eigenvalue weighted by Gasteiger charge is -2.39. The molecule has 2 bridgehead atoms. The van der Waals surface area contributed by atoms with Gasteiger partial charge < -0.3 is 15.4 Å². The number of nitriles is 1. The summed E-state index contributed by atoms with van der Waals surface area (Å²) in [6, 6.07) is 11.6. The lowest BCUT2D eigenvalue weighted by Crippen LogP contribution is -2.47. The van der Waals surface area contributed by atoms with E-state index in [1.165, 1.54) is 12.8 Å². The van der Waals surface area contributed by atoms with Crippen LogP contribution in [0.1, 0.15) is 37.8 Å². The van der Waals surface area contributed by atoms with E-state index in [1.807, 2.05) is 18.2 Å². The topological polar surface area (TPSA) is 115 Å². The van der Waals surface area contributed by atoms with Crippen LogP contribution in [0.15, 0.2) is 30.5 Å². The molecule has 0 saturated carbocycles. The van der Waals surface area contributed by atoms with Gasteiger partial charge in [0.1, 0.15) is 11.6 Å². The maximum absolute atomic E-state index is 8.98. The van der Waals surface area contributed by atoms with Crippen molar-refractivity contribution in [3.05, 3.63) is 36.2 Å². The SMILES string of the molecule is COCc1cc(Nc2cc3ncccc3c(NC3CC4CCC(C3)N4CCC#N)n2)n[nH]1. The van der Waals surface area contributed by atoms with Crippen molar-refractivity contribution in [3.63, 3.8) is 0 Å². The highest BCUT2D eigenvalue weighted by Crippen LogP contribution is 2.37. The van der Waals surface area contributed by atoms with Gasteiger partial charge in [0, 0.05) is 61.9 Å². The Hall–Kier alpha value is -3.22. The quantitative estimate of drug-likeness (QED) is 0.495. The summed E-state index contributed by atoms with van der Waals surface area (Å²) in [6.45, 7) is 1.36. The molecule has 5 heterocycles. The monoisotopic (exact) mass is 432 g/mol. The fraction of sp³-hybridized carbons (Fsp3) is 0.478. The molecule has 5 rings (SSSR count). The lowest BCUT2D eigenvalue weighted by molar-refractivity contribution is 0.136. The van der Waals surface area contributed by atoms with Crippen molar-refractivity contribution in [2.75, 3.05) is 24.3 Å². The predicted molar refractivity (Wildman–Crippen MR) is 123 cm³/mol. The number of nitrogens with one attached hydrogen (secondary N) is 3. The number of fused-ring (bicyclic) bond motifs is 3. The Bertz CT molecular complexity index is 1110. The summed E-state index contributed by atoms with van der Waals surface area (Å²) in [4.78, 5) is 12.0. The number of methoxy groups -OCH3 is 1. The van der Waals surface area contributed by atoms with Crippen LogP contribution in [0.2, 0.25) is 0 Å². The van der Waals surface area contributed by atoms with E-state index >= 15 is 0 Å². The Morgan fingerprint density at radius 2 is 2.09 bits per heavy atom. The molecule has 9 nitrogen and oxygen atoms in total. The smallest absolute Gasteiger partial charge is 0.153 e. The number of rotatable bonds is 8. The van der Waals surface area contributed by atoms with Crippen LogP contribution in [0.5, 0.6) is 0 Å². The molecule has 2 aliphatic heterocycles. The number of pyridine rings is 2. The fourth-order valence-electron chi connectivity index (χ4n) is 5.17. The van der Waals surface area contributed by atoms with E-state index in [2.05, 4.69) is 42.9 Å². The standard InChI is InChI=1S/C23H28N8O/c1-32-14-16-12-22(30-29-16)27-21-13-20-19(4-2-8-25-20)23(28-21)26-15-10-17-5-6-18(11-15)31(17)9-3-7-24/h2,4,8,12-13,15,17-18H,3,5-6,9-11,14H2,1H3,(H3,26,27,28,29,30). The van der Waals surface area contributed by atoms with Crippen LogP contribution in [-0.2, 0) is 11.3 Å². The molecule has 3 aromatic heterocycles. The fourth-order valence-corrected chi connectivity index (χ4v) is 5.17. The number of hydrogen-bond acceptors (Lipinski definition) is 8. The number of piperidine rings is 1. The van der Waals surface area contributed by atoms with Gasteiger partial charge in [-0.2, -0.15) is 10.4 Å². The van der Waals surface area contributed by atoms with E-state index in [0.717, 1.165) is 41.8 Å². The van der Waals surface area contributed by atoms with Gasteiger partial charge in [-0.1, -0.05) is 0 Å². The second-order valence-electron chi connectivity index (χ2n) is 8.61. The van der Waals surface area contributed by atoms with Crippen molar-refractivity contribution in [1.82, 2.24) is 25.1 Å². The highest BCUT2D eigenvalue weighted by Gasteiger charge is 2.40. The minimum Gasteiger partial charge on any atom is -0.378 e. The first-order valence-corrected chi connectivity index (χ1v) is 11.2. The van der Waals surface area contributed by atoms with Gasteiger partial charge in [0.2, 0.25) is 0 Å². The van der Waals surface area contributed by atoms with E-state index in [9.17, 15) is 0 Å². The summed E-state index contributed by atoms with van der Waals surface area (Å²) >= 11 is 0. The van der Waals surface area contributed by atoms with Crippen molar-refractivity contribution >= 4 is 28.4 Å². The molecule has 0 radical (unpaired) electrons. The molecule has 0 amide bonds. The molecule has 3 aromatic rings. The molecule has 2 atom stereocenters. The molecule has 2 fully saturated rings. The molecule has 2 unspecified atom stereocenters. The minimum atomic E-state index is 0.357. The number of H-pyrrole nitrogens is 1. The molecule has 3 N–H and O–H groups in total. The number of aromatic amines is 1. The Balaban J connectivity index is 1.36. The Kier molecular flexibility index (Phi) is 5.88. The highest BCUT2D eigenvalue weighted by molar-refractivity contribution is 5.91.